The lowest BCUT2D eigenvalue weighted by Gasteiger charge is -2.22. The highest BCUT2D eigenvalue weighted by Gasteiger charge is 2.05. The highest BCUT2D eigenvalue weighted by atomic mass is 32.2. The van der Waals surface area contributed by atoms with Gasteiger partial charge in [0.05, 0.1) is 5.37 Å². The van der Waals surface area contributed by atoms with E-state index in [9.17, 15) is 0 Å². The summed E-state index contributed by atoms with van der Waals surface area (Å²) in [6.07, 6.45) is 3.26. The van der Waals surface area contributed by atoms with Gasteiger partial charge in [-0.1, -0.05) is 0 Å². The first-order valence-corrected chi connectivity index (χ1v) is 5.23. The van der Waals surface area contributed by atoms with Crippen LogP contribution in [0, 0.1) is 0 Å². The van der Waals surface area contributed by atoms with Crippen LogP contribution in [0.1, 0.15) is 13.3 Å². The first kappa shape index (κ1) is 11.3. The van der Waals surface area contributed by atoms with Crippen LogP contribution in [0.2, 0.25) is 0 Å². The molecule has 0 heterocycles. The Kier molecular flexibility index (Phi) is 7.12. The van der Waals surface area contributed by atoms with Crippen LogP contribution in [0.15, 0.2) is 0 Å². The van der Waals surface area contributed by atoms with Gasteiger partial charge in [0.25, 0.3) is 0 Å². The lowest BCUT2D eigenvalue weighted by Crippen LogP contribution is -2.27. The molecule has 11 heavy (non-hydrogen) atoms. The third-order valence-corrected chi connectivity index (χ3v) is 2.86. The summed E-state index contributed by atoms with van der Waals surface area (Å²) in [5, 5.41) is 0.617. The zero-order chi connectivity index (χ0) is 8.69. The molecule has 0 aliphatic carbocycles. The number of rotatable bonds is 6. The zero-order valence-electron chi connectivity index (χ0n) is 7.96. The average molecular weight is 177 g/mol. The van der Waals surface area contributed by atoms with Crippen LogP contribution in [-0.2, 0) is 4.74 Å². The van der Waals surface area contributed by atoms with Gasteiger partial charge in [0, 0.05) is 20.3 Å². The van der Waals surface area contributed by atoms with Crippen LogP contribution in [0.5, 0.6) is 0 Å². The van der Waals surface area contributed by atoms with Gasteiger partial charge in [0.15, 0.2) is 0 Å². The van der Waals surface area contributed by atoms with Gasteiger partial charge in [0.2, 0.25) is 0 Å². The minimum absolute atomic E-state index is 0.617. The molecule has 1 atom stereocenters. The van der Waals surface area contributed by atoms with Crippen LogP contribution in [0.25, 0.3) is 0 Å². The smallest absolute Gasteiger partial charge is 0.0523 e. The molecule has 0 saturated heterocycles. The molecule has 1 unspecified atom stereocenters. The van der Waals surface area contributed by atoms with Gasteiger partial charge >= 0.3 is 0 Å². The summed E-state index contributed by atoms with van der Waals surface area (Å²) in [5.74, 6) is 0. The maximum Gasteiger partial charge on any atom is 0.0523 e. The Morgan fingerprint density at radius 3 is 2.64 bits per heavy atom. The maximum absolute atomic E-state index is 4.97. The zero-order valence-corrected chi connectivity index (χ0v) is 8.78. The van der Waals surface area contributed by atoms with E-state index in [1.807, 2.05) is 11.8 Å². The normalized spacial score (nSPS) is 13.9. The summed E-state index contributed by atoms with van der Waals surface area (Å²) < 4.78 is 4.97. The van der Waals surface area contributed by atoms with E-state index in [1.165, 1.54) is 0 Å². The highest BCUT2D eigenvalue weighted by molar-refractivity contribution is 7.99. The van der Waals surface area contributed by atoms with Crippen molar-refractivity contribution in [2.24, 2.45) is 0 Å². The van der Waals surface area contributed by atoms with Crippen LogP contribution in [-0.4, -0.2) is 43.8 Å². The second-order valence-corrected chi connectivity index (χ2v) is 3.82. The molecular formula is C8H19NOS. The minimum atomic E-state index is 0.617. The summed E-state index contributed by atoms with van der Waals surface area (Å²) in [5.41, 5.74) is 0. The van der Waals surface area contributed by atoms with Crippen LogP contribution < -0.4 is 0 Å². The van der Waals surface area contributed by atoms with Crippen LogP contribution in [0.3, 0.4) is 0 Å². The summed E-state index contributed by atoms with van der Waals surface area (Å²) in [4.78, 5) is 2.34. The number of methoxy groups -OCH3 is 1. The first-order valence-electron chi connectivity index (χ1n) is 3.94. The second-order valence-electron chi connectivity index (χ2n) is 2.66. The second kappa shape index (κ2) is 6.95. The van der Waals surface area contributed by atoms with E-state index in [-0.39, 0.29) is 0 Å². The number of ether oxygens (including phenoxy) is 1. The van der Waals surface area contributed by atoms with Crippen molar-refractivity contribution in [2.75, 3.05) is 33.6 Å². The molecule has 0 aromatic rings. The van der Waals surface area contributed by atoms with Gasteiger partial charge in [0.1, 0.15) is 0 Å². The molecule has 0 fully saturated rings. The van der Waals surface area contributed by atoms with Crippen molar-refractivity contribution >= 4 is 11.8 Å². The van der Waals surface area contributed by atoms with Crippen molar-refractivity contribution in [3.63, 3.8) is 0 Å². The Labute approximate surface area is 74.3 Å². The van der Waals surface area contributed by atoms with Crippen molar-refractivity contribution in [3.05, 3.63) is 0 Å². The predicted octanol–water partition coefficient (Wildman–Crippen LogP) is 1.66. The predicted molar refractivity (Wildman–Crippen MR) is 52.1 cm³/mol. The van der Waals surface area contributed by atoms with Crippen LogP contribution in [0.4, 0.5) is 0 Å². The quantitative estimate of drug-likeness (QED) is 0.452. The maximum atomic E-state index is 4.97. The number of hydrogen-bond acceptors (Lipinski definition) is 3. The molecule has 0 amide bonds. The van der Waals surface area contributed by atoms with E-state index in [0.717, 1.165) is 19.6 Å². The van der Waals surface area contributed by atoms with Gasteiger partial charge in [-0.05, 0) is 26.6 Å². The number of nitrogens with zero attached hydrogens (tertiary/aromatic N) is 1. The van der Waals surface area contributed by atoms with E-state index in [0.29, 0.717) is 5.37 Å². The molecule has 0 aliphatic heterocycles. The standard InChI is InChI=1S/C8H19NOS/c1-8(11-4)9(2)6-5-7-10-3/h8H,5-7H2,1-4H3. The van der Waals surface area contributed by atoms with Gasteiger partial charge in [-0.3, -0.25) is 4.90 Å². The van der Waals surface area contributed by atoms with E-state index < -0.39 is 0 Å². The van der Waals surface area contributed by atoms with Gasteiger partial charge in [-0.2, -0.15) is 0 Å². The molecular weight excluding hydrogens is 158 g/mol. The van der Waals surface area contributed by atoms with Gasteiger partial charge in [-0.15, -0.1) is 11.8 Å². The summed E-state index contributed by atoms with van der Waals surface area (Å²) in [6, 6.07) is 0. The summed E-state index contributed by atoms with van der Waals surface area (Å²) >= 11 is 1.88. The van der Waals surface area contributed by atoms with E-state index in [2.05, 4.69) is 25.1 Å². The molecule has 0 spiro atoms. The average Bonchev–Trinajstić information content (AvgIpc) is 2.03. The molecule has 0 saturated carbocycles. The van der Waals surface area contributed by atoms with Crippen molar-refractivity contribution in [2.45, 2.75) is 18.7 Å². The number of thioether (sulfide) groups is 1. The third kappa shape index (κ3) is 5.53. The Hall–Kier alpha value is 0.270. The van der Waals surface area contributed by atoms with Crippen molar-refractivity contribution in [1.29, 1.82) is 0 Å². The van der Waals surface area contributed by atoms with Crippen molar-refractivity contribution in [1.82, 2.24) is 4.90 Å². The van der Waals surface area contributed by atoms with E-state index in [4.69, 9.17) is 4.74 Å². The fourth-order valence-corrected chi connectivity index (χ4v) is 1.29. The third-order valence-electron chi connectivity index (χ3n) is 1.82. The lowest BCUT2D eigenvalue weighted by molar-refractivity contribution is 0.178. The summed E-state index contributed by atoms with van der Waals surface area (Å²) in [7, 11) is 3.90. The fraction of sp³-hybridized carbons (Fsp3) is 1.00. The Balaban J connectivity index is 3.28. The Morgan fingerprint density at radius 1 is 1.55 bits per heavy atom. The Morgan fingerprint density at radius 2 is 2.18 bits per heavy atom. The molecule has 2 nitrogen and oxygen atoms in total. The fourth-order valence-electron chi connectivity index (χ4n) is 0.820. The Bertz CT molecular complexity index is 90.2. The lowest BCUT2D eigenvalue weighted by atomic mass is 10.4. The largest absolute Gasteiger partial charge is 0.385 e. The number of hydrogen-bond donors (Lipinski definition) is 0. The molecule has 0 aromatic carbocycles. The molecule has 68 valence electrons. The minimum Gasteiger partial charge on any atom is -0.385 e. The molecule has 0 aromatic heterocycles. The monoisotopic (exact) mass is 177 g/mol. The highest BCUT2D eigenvalue weighted by Crippen LogP contribution is 2.08. The molecule has 3 heteroatoms. The van der Waals surface area contributed by atoms with Crippen LogP contribution >= 0.6 is 11.8 Å². The van der Waals surface area contributed by atoms with E-state index >= 15 is 0 Å². The molecule has 0 bridgehead atoms. The first-order chi connectivity index (χ1) is 5.22. The summed E-state index contributed by atoms with van der Waals surface area (Å²) in [6.45, 7) is 4.21. The van der Waals surface area contributed by atoms with Gasteiger partial charge in [-0.25, -0.2) is 0 Å². The molecule has 0 N–H and O–H groups in total. The van der Waals surface area contributed by atoms with Gasteiger partial charge < -0.3 is 4.74 Å². The van der Waals surface area contributed by atoms with Crippen molar-refractivity contribution in [3.8, 4) is 0 Å². The SMILES string of the molecule is COCCCN(C)C(C)SC. The molecule has 0 rings (SSSR count). The van der Waals surface area contributed by atoms with Crippen molar-refractivity contribution < 1.29 is 4.74 Å². The topological polar surface area (TPSA) is 12.5 Å². The molecule has 0 radical (unpaired) electrons. The molecule has 0 aliphatic rings. The van der Waals surface area contributed by atoms with E-state index in [1.54, 1.807) is 7.11 Å².